The molecule has 0 bridgehead atoms. The van der Waals surface area contributed by atoms with Crippen molar-refractivity contribution in [3.63, 3.8) is 0 Å². The summed E-state index contributed by atoms with van der Waals surface area (Å²) >= 11 is 0. The van der Waals surface area contributed by atoms with Crippen LogP contribution >= 0.6 is 0 Å². The second kappa shape index (κ2) is 8.55. The normalized spacial score (nSPS) is 12.7. The molecule has 0 saturated carbocycles. The summed E-state index contributed by atoms with van der Waals surface area (Å²) in [6, 6.07) is 1.33. The van der Waals surface area contributed by atoms with Gasteiger partial charge in [-0.15, -0.1) is 6.58 Å². The van der Waals surface area contributed by atoms with Gasteiger partial charge in [0, 0.05) is 5.69 Å². The molecule has 0 aliphatic rings. The van der Waals surface area contributed by atoms with Crippen LogP contribution in [0.15, 0.2) is 30.9 Å². The van der Waals surface area contributed by atoms with Crippen LogP contribution in [0.2, 0.25) is 0 Å². The van der Waals surface area contributed by atoms with Crippen LogP contribution in [-0.4, -0.2) is 17.1 Å². The van der Waals surface area contributed by atoms with Crippen molar-refractivity contribution in [2.45, 2.75) is 44.3 Å². The molecule has 0 aliphatic heterocycles. The summed E-state index contributed by atoms with van der Waals surface area (Å²) < 4.78 is 51.2. The van der Waals surface area contributed by atoms with E-state index < -0.39 is 29.6 Å². The van der Waals surface area contributed by atoms with Gasteiger partial charge in [-0.25, -0.2) is 9.18 Å². The van der Waals surface area contributed by atoms with Crippen LogP contribution < -0.4 is 5.32 Å². The summed E-state index contributed by atoms with van der Waals surface area (Å²) in [5, 5.41) is 11.7. The molecular weight excluding hydrogens is 314 g/mol. The molecule has 1 rings (SSSR count). The monoisotopic (exact) mass is 333 g/mol. The number of hydrogen-bond acceptors (Lipinski definition) is 2. The highest BCUT2D eigenvalue weighted by Crippen LogP contribution is 2.33. The van der Waals surface area contributed by atoms with Gasteiger partial charge in [-0.2, -0.15) is 13.2 Å². The number of carbonyl (C=O) groups is 1. The van der Waals surface area contributed by atoms with E-state index in [2.05, 4.69) is 11.9 Å². The number of benzene rings is 1. The quantitative estimate of drug-likeness (QED) is 0.386. The summed E-state index contributed by atoms with van der Waals surface area (Å²) in [6.45, 7) is 3.58. The number of alkyl halides is 3. The Bertz CT molecular complexity index is 543. The van der Waals surface area contributed by atoms with E-state index >= 15 is 0 Å². The average molecular weight is 333 g/mol. The van der Waals surface area contributed by atoms with Gasteiger partial charge in [0.15, 0.2) is 0 Å². The van der Waals surface area contributed by atoms with Gasteiger partial charge in [0.05, 0.1) is 5.56 Å². The zero-order valence-corrected chi connectivity index (χ0v) is 12.5. The molecule has 7 heteroatoms. The Morgan fingerprint density at radius 2 is 2.00 bits per heavy atom. The molecule has 1 atom stereocenters. The summed E-state index contributed by atoms with van der Waals surface area (Å²) in [5.41, 5.74) is -1.49. The standard InChI is InChI=1S/C16H19F4NO2/c1-2-3-4-5-6-7-14(15(22)23)21-11-8-9-13(17)12(10-11)16(18,19)20/h2,8-10,14,21H,1,3-7H2,(H,22,23)/t14-/m0/s1. The highest BCUT2D eigenvalue weighted by molar-refractivity contribution is 5.77. The predicted octanol–water partition coefficient (Wildman–Crippen LogP) is 4.85. The zero-order chi connectivity index (χ0) is 17.5. The number of nitrogens with one attached hydrogen (secondary N) is 1. The van der Waals surface area contributed by atoms with Crippen LogP contribution in [0.5, 0.6) is 0 Å². The molecule has 0 unspecified atom stereocenters. The topological polar surface area (TPSA) is 49.3 Å². The highest BCUT2D eigenvalue weighted by atomic mass is 19.4. The lowest BCUT2D eigenvalue weighted by Gasteiger charge is -2.17. The number of rotatable bonds is 9. The highest BCUT2D eigenvalue weighted by Gasteiger charge is 2.34. The molecule has 0 radical (unpaired) electrons. The molecule has 0 fully saturated rings. The third-order valence-corrected chi connectivity index (χ3v) is 3.31. The summed E-state index contributed by atoms with van der Waals surface area (Å²) in [7, 11) is 0. The third kappa shape index (κ3) is 6.30. The minimum Gasteiger partial charge on any atom is -0.480 e. The number of carboxylic acid groups (broad SMARTS) is 1. The van der Waals surface area contributed by atoms with Gasteiger partial charge < -0.3 is 10.4 Å². The van der Waals surface area contributed by atoms with Gasteiger partial charge in [0.25, 0.3) is 0 Å². The maximum atomic E-state index is 13.2. The van der Waals surface area contributed by atoms with Crippen molar-refractivity contribution in [1.29, 1.82) is 0 Å². The number of anilines is 1. The van der Waals surface area contributed by atoms with E-state index in [1.807, 2.05) is 0 Å². The Hall–Kier alpha value is -2.05. The van der Waals surface area contributed by atoms with Crippen molar-refractivity contribution in [2.24, 2.45) is 0 Å². The van der Waals surface area contributed by atoms with Crippen LogP contribution in [0, 0.1) is 5.82 Å². The summed E-state index contributed by atoms with van der Waals surface area (Å²) in [5.74, 6) is -2.55. The first-order valence-corrected chi connectivity index (χ1v) is 7.22. The van der Waals surface area contributed by atoms with Gasteiger partial charge in [0.1, 0.15) is 11.9 Å². The Balaban J connectivity index is 2.73. The van der Waals surface area contributed by atoms with Crippen LogP contribution in [0.1, 0.15) is 37.7 Å². The fourth-order valence-electron chi connectivity index (χ4n) is 2.10. The van der Waals surface area contributed by atoms with Crippen LogP contribution in [0.3, 0.4) is 0 Å². The predicted molar refractivity (Wildman–Crippen MR) is 79.7 cm³/mol. The molecule has 2 N–H and O–H groups in total. The van der Waals surface area contributed by atoms with Crippen molar-refractivity contribution in [3.8, 4) is 0 Å². The molecule has 0 aromatic heterocycles. The minimum absolute atomic E-state index is 0.0720. The van der Waals surface area contributed by atoms with Crippen molar-refractivity contribution in [2.75, 3.05) is 5.32 Å². The fourth-order valence-corrected chi connectivity index (χ4v) is 2.10. The maximum absolute atomic E-state index is 13.2. The third-order valence-electron chi connectivity index (χ3n) is 3.31. The van der Waals surface area contributed by atoms with Crippen LogP contribution in [0.4, 0.5) is 23.2 Å². The second-order valence-electron chi connectivity index (χ2n) is 5.15. The first-order chi connectivity index (χ1) is 10.8. The largest absolute Gasteiger partial charge is 0.480 e. The van der Waals surface area contributed by atoms with Gasteiger partial charge in [-0.1, -0.05) is 18.9 Å². The lowest BCUT2D eigenvalue weighted by Crippen LogP contribution is -2.29. The molecule has 1 aromatic carbocycles. The fraction of sp³-hybridized carbons (Fsp3) is 0.438. The van der Waals surface area contributed by atoms with Gasteiger partial charge >= 0.3 is 12.1 Å². The van der Waals surface area contributed by atoms with Crippen molar-refractivity contribution >= 4 is 11.7 Å². The molecule has 128 valence electrons. The van der Waals surface area contributed by atoms with E-state index in [1.54, 1.807) is 6.08 Å². The van der Waals surface area contributed by atoms with Crippen LogP contribution in [-0.2, 0) is 11.0 Å². The number of aliphatic carboxylic acids is 1. The second-order valence-corrected chi connectivity index (χ2v) is 5.15. The van der Waals surface area contributed by atoms with Gasteiger partial charge in [0.2, 0.25) is 0 Å². The van der Waals surface area contributed by atoms with Gasteiger partial charge in [-0.05, 0) is 37.5 Å². The summed E-state index contributed by atoms with van der Waals surface area (Å²) in [4.78, 5) is 11.2. The van der Waals surface area contributed by atoms with Crippen LogP contribution in [0.25, 0.3) is 0 Å². The van der Waals surface area contributed by atoms with E-state index in [0.29, 0.717) is 18.6 Å². The van der Waals surface area contributed by atoms with Crippen molar-refractivity contribution < 1.29 is 27.5 Å². The zero-order valence-electron chi connectivity index (χ0n) is 12.5. The smallest absolute Gasteiger partial charge is 0.419 e. The summed E-state index contributed by atoms with van der Waals surface area (Å²) in [6.07, 6.45) is 0.336. The lowest BCUT2D eigenvalue weighted by molar-refractivity contribution is -0.140. The Morgan fingerprint density at radius 1 is 1.30 bits per heavy atom. The van der Waals surface area contributed by atoms with Crippen molar-refractivity contribution in [1.82, 2.24) is 0 Å². The lowest BCUT2D eigenvalue weighted by atomic mass is 10.1. The van der Waals surface area contributed by atoms with E-state index in [9.17, 15) is 22.4 Å². The number of halogens is 4. The van der Waals surface area contributed by atoms with E-state index in [1.165, 1.54) is 0 Å². The molecule has 0 aliphatic carbocycles. The van der Waals surface area contributed by atoms with E-state index in [4.69, 9.17) is 5.11 Å². The van der Waals surface area contributed by atoms with E-state index in [-0.39, 0.29) is 12.1 Å². The number of unbranched alkanes of at least 4 members (excludes halogenated alkanes) is 3. The number of hydrogen-bond donors (Lipinski definition) is 2. The molecule has 0 saturated heterocycles. The first-order valence-electron chi connectivity index (χ1n) is 7.22. The SMILES string of the molecule is C=CCCCCC[C@H](Nc1ccc(F)c(C(F)(F)F)c1)C(=O)O. The maximum Gasteiger partial charge on any atom is 0.419 e. The first kappa shape index (κ1) is 19.0. The number of allylic oxidation sites excluding steroid dienone is 1. The Kier molecular flexibility index (Phi) is 7.06. The van der Waals surface area contributed by atoms with E-state index in [0.717, 1.165) is 25.3 Å². The molecule has 0 spiro atoms. The average Bonchev–Trinajstić information content (AvgIpc) is 2.46. The molecule has 0 heterocycles. The Morgan fingerprint density at radius 3 is 2.57 bits per heavy atom. The Labute approximate surface area is 132 Å². The van der Waals surface area contributed by atoms with Crippen molar-refractivity contribution in [3.05, 3.63) is 42.2 Å². The minimum atomic E-state index is -4.83. The van der Waals surface area contributed by atoms with Gasteiger partial charge in [-0.3, -0.25) is 0 Å². The molecule has 0 amide bonds. The molecule has 3 nitrogen and oxygen atoms in total. The number of carboxylic acids is 1. The molecular formula is C16H19F4NO2. The molecule has 1 aromatic rings. The molecule has 23 heavy (non-hydrogen) atoms.